The highest BCUT2D eigenvalue weighted by Crippen LogP contribution is 2.23. The summed E-state index contributed by atoms with van der Waals surface area (Å²) in [5.74, 6) is -0.168. The molecule has 1 aliphatic rings. The molecule has 73 heavy (non-hydrogen) atoms. The van der Waals surface area contributed by atoms with Gasteiger partial charge in [0, 0.05) is 6.42 Å². The molecule has 0 aromatic carbocycles. The van der Waals surface area contributed by atoms with Crippen LogP contribution in [-0.4, -0.2) is 87.5 Å². The van der Waals surface area contributed by atoms with Crippen LogP contribution in [0.5, 0.6) is 0 Å². The Balaban J connectivity index is 2.21. The summed E-state index contributed by atoms with van der Waals surface area (Å²) in [7, 11) is 0. The summed E-state index contributed by atoms with van der Waals surface area (Å²) in [6.07, 6.45) is 66.5. The first-order valence-corrected chi connectivity index (χ1v) is 30.6. The Bertz CT molecular complexity index is 1380. The SMILES string of the molecule is CC/C=C\C/C=C\C/C=C\C/C=C\C/C=C\C/C=C\CCCCCCC(=O)NC(COC1OC(CO)C(O)C(O)C1O)C(O)CCCCCCCCCCCCCCCCCCCCCCCCCCCCC. The van der Waals surface area contributed by atoms with Gasteiger partial charge in [-0.2, -0.15) is 0 Å². The summed E-state index contributed by atoms with van der Waals surface area (Å²) >= 11 is 0. The van der Waals surface area contributed by atoms with Gasteiger partial charge in [-0.1, -0.05) is 273 Å². The van der Waals surface area contributed by atoms with E-state index in [2.05, 4.69) is 92.1 Å². The topological polar surface area (TPSA) is 149 Å². The van der Waals surface area contributed by atoms with Gasteiger partial charge in [-0.05, 0) is 64.2 Å². The molecule has 1 fully saturated rings. The van der Waals surface area contributed by atoms with E-state index in [0.29, 0.717) is 12.8 Å². The second-order valence-corrected chi connectivity index (χ2v) is 21.1. The molecule has 0 spiro atoms. The lowest BCUT2D eigenvalue weighted by atomic mass is 9.99. The zero-order valence-electron chi connectivity index (χ0n) is 47.1. The molecule has 7 unspecified atom stereocenters. The Kier molecular flexibility index (Phi) is 49.9. The van der Waals surface area contributed by atoms with Crippen molar-refractivity contribution < 1.29 is 39.8 Å². The molecule has 0 bridgehead atoms. The van der Waals surface area contributed by atoms with Gasteiger partial charge < -0.3 is 40.3 Å². The van der Waals surface area contributed by atoms with E-state index < -0.39 is 49.5 Å². The average Bonchev–Trinajstić information content (AvgIpc) is 3.39. The molecule has 1 rings (SSSR count). The molecule has 9 heteroatoms. The van der Waals surface area contributed by atoms with Crippen LogP contribution in [0.4, 0.5) is 0 Å². The van der Waals surface area contributed by atoms with E-state index in [9.17, 15) is 30.3 Å². The first-order chi connectivity index (χ1) is 35.8. The zero-order valence-corrected chi connectivity index (χ0v) is 47.1. The van der Waals surface area contributed by atoms with Crippen LogP contribution >= 0.6 is 0 Å². The van der Waals surface area contributed by atoms with Gasteiger partial charge in [0.15, 0.2) is 6.29 Å². The third-order valence-corrected chi connectivity index (χ3v) is 14.3. The van der Waals surface area contributed by atoms with Gasteiger partial charge >= 0.3 is 0 Å². The number of ether oxygens (including phenoxy) is 2. The molecule has 0 aromatic heterocycles. The van der Waals surface area contributed by atoms with Crippen molar-refractivity contribution in [3.63, 3.8) is 0 Å². The van der Waals surface area contributed by atoms with Gasteiger partial charge in [0.1, 0.15) is 24.4 Å². The quantitative estimate of drug-likeness (QED) is 0.0261. The minimum atomic E-state index is -1.56. The predicted molar refractivity (Wildman–Crippen MR) is 309 cm³/mol. The highest BCUT2D eigenvalue weighted by atomic mass is 16.7. The van der Waals surface area contributed by atoms with Crippen LogP contribution in [0.2, 0.25) is 0 Å². The number of unbranched alkanes of at least 4 members (excludes halogenated alkanes) is 30. The predicted octanol–water partition coefficient (Wildman–Crippen LogP) is 15.6. The fraction of sp³-hybridized carbons (Fsp3) is 0.797. The summed E-state index contributed by atoms with van der Waals surface area (Å²) < 4.78 is 11.3. The Morgan fingerprint density at radius 3 is 1.26 bits per heavy atom. The summed E-state index contributed by atoms with van der Waals surface area (Å²) in [6.45, 7) is 3.73. The fourth-order valence-corrected chi connectivity index (χ4v) is 9.52. The highest BCUT2D eigenvalue weighted by molar-refractivity contribution is 5.76. The maximum Gasteiger partial charge on any atom is 0.220 e. The highest BCUT2D eigenvalue weighted by Gasteiger charge is 2.44. The van der Waals surface area contributed by atoms with Crippen LogP contribution < -0.4 is 5.32 Å². The van der Waals surface area contributed by atoms with Gasteiger partial charge in [-0.25, -0.2) is 0 Å². The number of nitrogens with one attached hydrogen (secondary N) is 1. The summed E-state index contributed by atoms with van der Waals surface area (Å²) in [5, 5.41) is 54.8. The van der Waals surface area contributed by atoms with Crippen molar-refractivity contribution in [1.29, 1.82) is 0 Å². The lowest BCUT2D eigenvalue weighted by molar-refractivity contribution is -0.302. The average molecular weight is 1030 g/mol. The van der Waals surface area contributed by atoms with E-state index in [4.69, 9.17) is 9.47 Å². The van der Waals surface area contributed by atoms with Crippen molar-refractivity contribution in [2.24, 2.45) is 0 Å². The smallest absolute Gasteiger partial charge is 0.220 e. The molecule has 1 aliphatic heterocycles. The molecule has 0 saturated carbocycles. The molecule has 1 heterocycles. The second kappa shape index (κ2) is 53.0. The van der Waals surface area contributed by atoms with Crippen LogP contribution in [0.1, 0.15) is 271 Å². The van der Waals surface area contributed by atoms with E-state index in [1.54, 1.807) is 0 Å². The molecule has 9 nitrogen and oxygen atoms in total. The Morgan fingerprint density at radius 1 is 0.479 bits per heavy atom. The van der Waals surface area contributed by atoms with E-state index in [1.807, 2.05) is 0 Å². The molecule has 0 aromatic rings. The van der Waals surface area contributed by atoms with E-state index in [-0.39, 0.29) is 12.5 Å². The normalized spacial score (nSPS) is 19.6. The molecule has 0 aliphatic carbocycles. The number of carbonyl (C=O) groups excluding carboxylic acids is 1. The van der Waals surface area contributed by atoms with Crippen molar-refractivity contribution >= 4 is 5.91 Å². The first-order valence-electron chi connectivity index (χ1n) is 30.6. The van der Waals surface area contributed by atoms with Gasteiger partial charge in [-0.3, -0.25) is 4.79 Å². The van der Waals surface area contributed by atoms with Crippen LogP contribution in [0.3, 0.4) is 0 Å². The Morgan fingerprint density at radius 2 is 0.849 bits per heavy atom. The van der Waals surface area contributed by atoms with E-state index in [0.717, 1.165) is 89.9 Å². The number of amides is 1. The number of hydrogen-bond donors (Lipinski definition) is 6. The third kappa shape index (κ3) is 42.4. The lowest BCUT2D eigenvalue weighted by Crippen LogP contribution is -2.60. The van der Waals surface area contributed by atoms with E-state index >= 15 is 0 Å². The molecule has 6 N–H and O–H groups in total. The fourth-order valence-electron chi connectivity index (χ4n) is 9.52. The number of carbonyl (C=O) groups is 1. The first kappa shape index (κ1) is 68.6. The molecular weight excluding hydrogens is 911 g/mol. The van der Waals surface area contributed by atoms with Crippen molar-refractivity contribution in [1.82, 2.24) is 5.32 Å². The second-order valence-electron chi connectivity index (χ2n) is 21.1. The number of aliphatic hydroxyl groups excluding tert-OH is 5. The van der Waals surface area contributed by atoms with Gasteiger partial charge in [0.2, 0.25) is 5.91 Å². The summed E-state index contributed by atoms with van der Waals surface area (Å²) in [5.41, 5.74) is 0. The third-order valence-electron chi connectivity index (χ3n) is 14.3. The van der Waals surface area contributed by atoms with Crippen molar-refractivity contribution in [3.8, 4) is 0 Å². The maximum atomic E-state index is 13.1. The van der Waals surface area contributed by atoms with Crippen molar-refractivity contribution in [2.45, 2.75) is 314 Å². The lowest BCUT2D eigenvalue weighted by Gasteiger charge is -2.40. The van der Waals surface area contributed by atoms with Crippen LogP contribution in [0.25, 0.3) is 0 Å². The Labute approximate surface area is 448 Å². The molecule has 424 valence electrons. The van der Waals surface area contributed by atoms with Crippen LogP contribution in [0.15, 0.2) is 72.9 Å². The maximum absolute atomic E-state index is 13.1. The largest absolute Gasteiger partial charge is 0.394 e. The van der Waals surface area contributed by atoms with Crippen molar-refractivity contribution in [3.05, 3.63) is 72.9 Å². The number of hydrogen-bond acceptors (Lipinski definition) is 8. The number of aliphatic hydroxyl groups is 5. The Hall–Kier alpha value is -2.37. The molecule has 7 atom stereocenters. The zero-order chi connectivity index (χ0) is 52.9. The van der Waals surface area contributed by atoms with Crippen LogP contribution in [0, 0.1) is 0 Å². The monoisotopic (exact) mass is 1030 g/mol. The van der Waals surface area contributed by atoms with Gasteiger partial charge in [-0.15, -0.1) is 0 Å². The summed E-state index contributed by atoms with van der Waals surface area (Å²) in [6, 6.07) is -0.739. The summed E-state index contributed by atoms with van der Waals surface area (Å²) in [4.78, 5) is 13.1. The standard InChI is InChI=1S/C64H115NO8/c1-3-5-7-9-11-13-15-17-19-21-23-25-27-28-29-30-32-33-35-37-39-41-43-45-47-49-51-53-58(67)57(56-72-64-63(71)62(70)61(69)59(55-66)73-64)65-60(68)54-52-50-48-46-44-42-40-38-36-34-31-26-24-22-20-18-16-14-12-10-8-6-4-2/h6,8,12,14,18,20,24,26,34,36,40,42,57-59,61-64,66-67,69-71H,3-5,7,9-11,13,15-17,19,21-23,25,27-33,35,37-39,41,43-56H2,1-2H3,(H,65,68)/b8-6-,14-12-,20-18-,26-24-,36-34-,42-40-. The van der Waals surface area contributed by atoms with Crippen LogP contribution in [-0.2, 0) is 14.3 Å². The minimum absolute atomic E-state index is 0.152. The molecule has 1 amide bonds. The molecule has 1 saturated heterocycles. The van der Waals surface area contributed by atoms with E-state index in [1.165, 1.54) is 154 Å². The number of allylic oxidation sites excluding steroid dienone is 12. The molecular formula is C64H115NO8. The van der Waals surface area contributed by atoms with Crippen molar-refractivity contribution in [2.75, 3.05) is 13.2 Å². The van der Waals surface area contributed by atoms with Gasteiger partial charge in [0.25, 0.3) is 0 Å². The minimum Gasteiger partial charge on any atom is -0.394 e. The number of rotatable bonds is 52. The van der Waals surface area contributed by atoms with Gasteiger partial charge in [0.05, 0.1) is 25.4 Å². The molecule has 0 radical (unpaired) electrons.